The molecule has 10 heteroatoms. The second kappa shape index (κ2) is 17.2. The Hall–Kier alpha value is -3.34. The van der Waals surface area contributed by atoms with Gasteiger partial charge in [0.2, 0.25) is 0 Å². The Morgan fingerprint density at radius 2 is 1.90 bits per heavy atom. The minimum atomic E-state index is -0.553. The molecule has 1 aromatic carbocycles. The number of aliphatic hydroxyl groups is 1. The molecule has 2 aromatic heterocycles. The van der Waals surface area contributed by atoms with Crippen LogP contribution < -0.4 is 9.47 Å². The highest BCUT2D eigenvalue weighted by Gasteiger charge is 2.58. The molecule has 1 aliphatic heterocycles. The van der Waals surface area contributed by atoms with Gasteiger partial charge in [-0.3, -0.25) is 14.5 Å². The molecule has 5 atom stereocenters. The molecule has 3 aliphatic rings. The number of aromatic nitrogens is 2. The first kappa shape index (κ1) is 38.4. The minimum Gasteiger partial charge on any atom is -0.496 e. The van der Waals surface area contributed by atoms with Crippen molar-refractivity contribution in [3.05, 3.63) is 47.5 Å². The van der Waals surface area contributed by atoms with Gasteiger partial charge in [-0.15, -0.1) is 17.9 Å². The third-order valence-corrected chi connectivity index (χ3v) is 12.4. The molecular weight excluding hydrogens is 675 g/mol. The van der Waals surface area contributed by atoms with E-state index in [2.05, 4.69) is 23.8 Å². The lowest BCUT2D eigenvalue weighted by Gasteiger charge is -2.26. The quantitative estimate of drug-likeness (QED) is 0.0654. The van der Waals surface area contributed by atoms with Crippen LogP contribution in [-0.2, 0) is 14.3 Å². The van der Waals surface area contributed by atoms with Gasteiger partial charge in [0.25, 0.3) is 0 Å². The molecule has 0 radical (unpaired) electrons. The normalized spacial score (nSPS) is 23.4. The number of pyridine rings is 1. The molecule has 3 heterocycles. The van der Waals surface area contributed by atoms with Crippen LogP contribution in [0.25, 0.3) is 21.6 Å². The SMILES string of the molecule is C=CC1CC1(CCCC(=O)C1CC(Oc2cc(-c3nc(C4CC4)cs3)nc3c(C)c(OC)ccc23)CN1CC(O)CCCCCCCC)C(=O)OC. The number of esters is 1. The Morgan fingerprint density at radius 3 is 2.62 bits per heavy atom. The first-order valence-corrected chi connectivity index (χ1v) is 20.4. The van der Waals surface area contributed by atoms with E-state index >= 15 is 0 Å². The van der Waals surface area contributed by atoms with Crippen molar-refractivity contribution >= 4 is 34.0 Å². The number of thiazole rings is 1. The lowest BCUT2D eigenvalue weighted by atomic mass is 9.93. The molecule has 6 rings (SSSR count). The summed E-state index contributed by atoms with van der Waals surface area (Å²) in [6.45, 7) is 9.09. The van der Waals surface area contributed by atoms with Gasteiger partial charge in [0.1, 0.15) is 34.1 Å². The minimum absolute atomic E-state index is 0.0984. The van der Waals surface area contributed by atoms with Crippen molar-refractivity contribution in [1.82, 2.24) is 14.9 Å². The summed E-state index contributed by atoms with van der Waals surface area (Å²) in [4.78, 5) is 38.8. The van der Waals surface area contributed by atoms with Gasteiger partial charge < -0.3 is 19.3 Å². The highest BCUT2D eigenvalue weighted by atomic mass is 32.1. The van der Waals surface area contributed by atoms with Crippen LogP contribution in [0.1, 0.15) is 114 Å². The van der Waals surface area contributed by atoms with Crippen LogP contribution in [0.2, 0.25) is 0 Å². The fourth-order valence-electron chi connectivity index (χ4n) is 8.18. The molecule has 282 valence electrons. The smallest absolute Gasteiger partial charge is 0.312 e. The summed E-state index contributed by atoms with van der Waals surface area (Å²) in [7, 11) is 3.09. The van der Waals surface area contributed by atoms with E-state index in [0.717, 1.165) is 64.3 Å². The van der Waals surface area contributed by atoms with Crippen molar-refractivity contribution in [3.63, 3.8) is 0 Å². The molecule has 9 nitrogen and oxygen atoms in total. The molecule has 5 unspecified atom stereocenters. The molecule has 0 spiro atoms. The maximum Gasteiger partial charge on any atom is 0.312 e. The number of Topliss-reactive ketones (excluding diaryl/α,β-unsaturated/α-hetero) is 1. The van der Waals surface area contributed by atoms with E-state index in [1.807, 2.05) is 31.2 Å². The predicted octanol–water partition coefficient (Wildman–Crippen LogP) is 8.59. The van der Waals surface area contributed by atoms with Crippen molar-refractivity contribution in [2.24, 2.45) is 11.3 Å². The number of rotatable bonds is 21. The Bertz CT molecular complexity index is 1720. The largest absolute Gasteiger partial charge is 0.496 e. The average molecular weight is 732 g/mol. The van der Waals surface area contributed by atoms with E-state index in [9.17, 15) is 14.7 Å². The molecule has 3 fully saturated rings. The van der Waals surface area contributed by atoms with Crippen LogP contribution in [0.5, 0.6) is 11.5 Å². The molecule has 3 aromatic rings. The average Bonchev–Trinajstić information content (AvgIpc) is 4.03. The van der Waals surface area contributed by atoms with Gasteiger partial charge in [-0.05, 0) is 63.5 Å². The van der Waals surface area contributed by atoms with E-state index in [0.29, 0.717) is 50.4 Å². The van der Waals surface area contributed by atoms with Crippen molar-refractivity contribution in [2.45, 2.75) is 128 Å². The lowest BCUT2D eigenvalue weighted by Crippen LogP contribution is -2.41. The Labute approximate surface area is 313 Å². The first-order valence-electron chi connectivity index (χ1n) is 19.5. The number of fused-ring (bicyclic) bond motifs is 1. The van der Waals surface area contributed by atoms with Crippen molar-refractivity contribution in [2.75, 3.05) is 27.3 Å². The van der Waals surface area contributed by atoms with Gasteiger partial charge in [0, 0.05) is 54.2 Å². The van der Waals surface area contributed by atoms with Crippen molar-refractivity contribution < 1.29 is 28.9 Å². The van der Waals surface area contributed by atoms with E-state index in [1.54, 1.807) is 18.4 Å². The number of carbonyl (C=O) groups is 2. The number of carbonyl (C=O) groups excluding carboxylic acids is 2. The van der Waals surface area contributed by atoms with E-state index in [4.69, 9.17) is 24.2 Å². The van der Waals surface area contributed by atoms with Gasteiger partial charge in [0.05, 0.1) is 43.0 Å². The summed E-state index contributed by atoms with van der Waals surface area (Å²) in [6, 6.07) is 5.57. The monoisotopic (exact) mass is 731 g/mol. The van der Waals surface area contributed by atoms with Gasteiger partial charge in [-0.25, -0.2) is 9.97 Å². The van der Waals surface area contributed by atoms with E-state index in [-0.39, 0.29) is 29.8 Å². The summed E-state index contributed by atoms with van der Waals surface area (Å²) in [6.07, 6.45) is 13.9. The summed E-state index contributed by atoms with van der Waals surface area (Å²) < 4.78 is 17.6. The third kappa shape index (κ3) is 8.71. The number of likely N-dealkylation sites (tertiary alicyclic amines) is 1. The Balaban J connectivity index is 1.20. The number of aliphatic hydroxyl groups excluding tert-OH is 1. The zero-order chi connectivity index (χ0) is 36.8. The van der Waals surface area contributed by atoms with Gasteiger partial charge in [0.15, 0.2) is 0 Å². The number of β-amino-alcohol motifs (C(OH)–C–C–N with tert-alkyl or cyclic N) is 1. The Morgan fingerprint density at radius 1 is 1.12 bits per heavy atom. The number of benzene rings is 1. The highest BCUT2D eigenvalue weighted by molar-refractivity contribution is 7.13. The fraction of sp³-hybridized carbons (Fsp3) is 0.619. The molecule has 1 N–H and O–H groups in total. The molecule has 52 heavy (non-hydrogen) atoms. The second-order valence-corrected chi connectivity index (χ2v) is 16.2. The third-order valence-electron chi connectivity index (χ3n) is 11.5. The number of unbranched alkanes of at least 4 members (excludes halogenated alkanes) is 5. The zero-order valence-corrected chi connectivity index (χ0v) is 32.3. The number of nitrogens with zero attached hydrogens (tertiary/aromatic N) is 3. The molecule has 2 aliphatic carbocycles. The number of ketones is 1. The number of aryl methyl sites for hydroxylation is 1. The molecule has 0 amide bonds. The fourth-order valence-corrected chi connectivity index (χ4v) is 9.04. The summed E-state index contributed by atoms with van der Waals surface area (Å²) in [5, 5.41) is 15.1. The second-order valence-electron chi connectivity index (χ2n) is 15.3. The van der Waals surface area contributed by atoms with Gasteiger partial charge in [-0.2, -0.15) is 0 Å². The van der Waals surface area contributed by atoms with Crippen LogP contribution in [0.3, 0.4) is 0 Å². The summed E-state index contributed by atoms with van der Waals surface area (Å²) in [5.74, 6) is 2.04. The highest BCUT2D eigenvalue weighted by Crippen LogP contribution is 2.57. The van der Waals surface area contributed by atoms with Crippen molar-refractivity contribution in [1.29, 1.82) is 0 Å². The predicted molar refractivity (Wildman–Crippen MR) is 206 cm³/mol. The van der Waals surface area contributed by atoms with E-state index in [1.165, 1.54) is 45.6 Å². The number of ether oxygens (including phenoxy) is 3. The number of hydrogen-bond donors (Lipinski definition) is 1. The van der Waals surface area contributed by atoms with Crippen LogP contribution in [-0.4, -0.2) is 77.3 Å². The molecule has 1 saturated heterocycles. The lowest BCUT2D eigenvalue weighted by molar-refractivity contribution is -0.148. The first-order chi connectivity index (χ1) is 25.2. The standard InChI is InChI=1S/C42H57N3O6S/c1-6-8-9-10-11-12-14-30(46)24-45-25-31(21-35(45)36(47)15-13-20-42(41(48)50-5)23-29(42)7-2)51-38-22-33(40-44-34(26-52-40)28-16-17-28)43-39-27(3)37(49-4)19-18-32(38)39/h7,18-19,22,26,28-31,35,46H,2,6,8-17,20-21,23-25H2,1,3-5H3. The Kier molecular flexibility index (Phi) is 12.7. The van der Waals surface area contributed by atoms with Gasteiger partial charge in [-0.1, -0.05) is 51.5 Å². The number of allylic oxidation sites excluding steroid dienone is 1. The molecule has 0 bridgehead atoms. The molecule has 2 saturated carbocycles. The number of hydrogen-bond acceptors (Lipinski definition) is 10. The zero-order valence-electron chi connectivity index (χ0n) is 31.5. The van der Waals surface area contributed by atoms with E-state index < -0.39 is 11.5 Å². The van der Waals surface area contributed by atoms with Crippen LogP contribution in [0.4, 0.5) is 0 Å². The van der Waals surface area contributed by atoms with Crippen molar-refractivity contribution in [3.8, 4) is 22.2 Å². The molecular formula is C42H57N3O6S. The number of methoxy groups -OCH3 is 2. The summed E-state index contributed by atoms with van der Waals surface area (Å²) in [5.41, 5.74) is 3.10. The van der Waals surface area contributed by atoms with Crippen LogP contribution in [0, 0.1) is 18.3 Å². The van der Waals surface area contributed by atoms with Crippen LogP contribution in [0.15, 0.2) is 36.2 Å². The topological polar surface area (TPSA) is 111 Å². The summed E-state index contributed by atoms with van der Waals surface area (Å²) >= 11 is 1.61. The maximum absolute atomic E-state index is 14.0. The van der Waals surface area contributed by atoms with Gasteiger partial charge >= 0.3 is 5.97 Å². The maximum atomic E-state index is 14.0. The van der Waals surface area contributed by atoms with Crippen LogP contribution >= 0.6 is 11.3 Å².